The largest absolute Gasteiger partial charge is 0.465 e. The van der Waals surface area contributed by atoms with Crippen molar-refractivity contribution < 1.29 is 13.9 Å². The quantitative estimate of drug-likeness (QED) is 0.670. The highest BCUT2D eigenvalue weighted by Crippen LogP contribution is 2.20. The third-order valence-corrected chi connectivity index (χ3v) is 3.51. The maximum Gasteiger partial charge on any atom is 0.337 e. The highest BCUT2D eigenvalue weighted by molar-refractivity contribution is 5.89. The molecule has 0 radical (unpaired) electrons. The van der Waals surface area contributed by atoms with Crippen molar-refractivity contribution >= 4 is 29.1 Å². The molecule has 0 atom stereocenters. The lowest BCUT2D eigenvalue weighted by atomic mass is 10.2. The van der Waals surface area contributed by atoms with Crippen molar-refractivity contribution in [1.29, 1.82) is 0 Å². The summed E-state index contributed by atoms with van der Waals surface area (Å²) in [6.45, 7) is 1.84. The predicted molar refractivity (Wildman–Crippen MR) is 97.5 cm³/mol. The molecule has 0 spiro atoms. The summed E-state index contributed by atoms with van der Waals surface area (Å²) in [6.07, 6.45) is 0. The summed E-state index contributed by atoms with van der Waals surface area (Å²) in [5.41, 5.74) is 2.51. The summed E-state index contributed by atoms with van der Waals surface area (Å²) in [7, 11) is 1.34. The number of anilines is 4. The second-order valence-electron chi connectivity index (χ2n) is 5.55. The fourth-order valence-electron chi connectivity index (χ4n) is 2.34. The lowest BCUT2D eigenvalue weighted by Gasteiger charge is -2.10. The Morgan fingerprint density at radius 3 is 2.46 bits per heavy atom. The zero-order chi connectivity index (χ0) is 18.5. The van der Waals surface area contributed by atoms with Crippen LogP contribution in [-0.4, -0.2) is 23.0 Å². The van der Waals surface area contributed by atoms with Crippen LogP contribution in [0, 0.1) is 12.7 Å². The topological polar surface area (TPSA) is 76.1 Å². The van der Waals surface area contributed by atoms with Crippen LogP contribution in [0.3, 0.4) is 0 Å². The molecule has 0 amide bonds. The second kappa shape index (κ2) is 7.60. The number of nitrogens with zero attached hydrogens (tertiary/aromatic N) is 2. The van der Waals surface area contributed by atoms with E-state index in [0.29, 0.717) is 23.0 Å². The Morgan fingerprint density at radius 2 is 1.77 bits per heavy atom. The van der Waals surface area contributed by atoms with Gasteiger partial charge in [-0.1, -0.05) is 6.07 Å². The second-order valence-corrected chi connectivity index (χ2v) is 5.55. The number of aryl methyl sites for hydroxylation is 1. The van der Waals surface area contributed by atoms with Gasteiger partial charge in [0.25, 0.3) is 0 Å². The van der Waals surface area contributed by atoms with Crippen LogP contribution < -0.4 is 10.6 Å². The van der Waals surface area contributed by atoms with E-state index >= 15 is 0 Å². The van der Waals surface area contributed by atoms with Crippen LogP contribution >= 0.6 is 0 Å². The minimum Gasteiger partial charge on any atom is -0.465 e. The molecule has 1 heterocycles. The number of ether oxygens (including phenoxy) is 1. The smallest absolute Gasteiger partial charge is 0.337 e. The lowest BCUT2D eigenvalue weighted by molar-refractivity contribution is 0.0601. The van der Waals surface area contributed by atoms with Crippen molar-refractivity contribution in [1.82, 2.24) is 9.97 Å². The third-order valence-electron chi connectivity index (χ3n) is 3.51. The normalized spacial score (nSPS) is 10.3. The summed E-state index contributed by atoms with van der Waals surface area (Å²) in [5, 5.41) is 6.13. The number of aromatic nitrogens is 2. The molecule has 132 valence electrons. The first-order valence-electron chi connectivity index (χ1n) is 7.87. The first-order chi connectivity index (χ1) is 12.5. The number of hydrogen-bond acceptors (Lipinski definition) is 6. The van der Waals surface area contributed by atoms with Gasteiger partial charge in [-0.3, -0.25) is 0 Å². The summed E-state index contributed by atoms with van der Waals surface area (Å²) in [4.78, 5) is 20.2. The van der Waals surface area contributed by atoms with E-state index in [-0.39, 0.29) is 5.82 Å². The highest BCUT2D eigenvalue weighted by atomic mass is 19.1. The number of hydrogen-bond donors (Lipinski definition) is 2. The number of halogens is 1. The number of benzene rings is 2. The summed E-state index contributed by atoms with van der Waals surface area (Å²) in [6, 6.07) is 14.7. The van der Waals surface area contributed by atoms with E-state index in [1.807, 2.05) is 6.92 Å². The number of rotatable bonds is 5. The van der Waals surface area contributed by atoms with Crippen LogP contribution in [0.5, 0.6) is 0 Å². The standard InChI is InChI=1S/C19H17FN4O2/c1-12-10-17(22-16-5-3-4-14(20)11-16)24-19(21-12)23-15-8-6-13(7-9-15)18(25)26-2/h3-11H,1-2H3,(H2,21,22,23,24). The van der Waals surface area contributed by atoms with Crippen molar-refractivity contribution in [2.45, 2.75) is 6.92 Å². The Hall–Kier alpha value is -3.48. The molecule has 2 aromatic carbocycles. The molecule has 0 saturated heterocycles. The maximum atomic E-state index is 13.3. The van der Waals surface area contributed by atoms with Crippen LogP contribution in [0.1, 0.15) is 16.1 Å². The first kappa shape index (κ1) is 17.3. The van der Waals surface area contributed by atoms with E-state index in [0.717, 1.165) is 11.4 Å². The maximum absolute atomic E-state index is 13.3. The molecule has 7 heteroatoms. The van der Waals surface area contributed by atoms with Gasteiger partial charge in [-0.15, -0.1) is 0 Å². The van der Waals surface area contributed by atoms with Crippen molar-refractivity contribution in [2.24, 2.45) is 0 Å². The third kappa shape index (κ3) is 4.32. The Balaban J connectivity index is 1.78. The number of methoxy groups -OCH3 is 1. The molecule has 1 aromatic heterocycles. The van der Waals surface area contributed by atoms with Crippen LogP contribution in [0.2, 0.25) is 0 Å². The van der Waals surface area contributed by atoms with Crippen LogP contribution in [0.4, 0.5) is 27.5 Å². The molecule has 3 aromatic rings. The molecule has 26 heavy (non-hydrogen) atoms. The van der Waals surface area contributed by atoms with Crippen LogP contribution in [0.25, 0.3) is 0 Å². The molecule has 0 saturated carbocycles. The number of carbonyl (C=O) groups excluding carboxylic acids is 1. The van der Waals surface area contributed by atoms with Gasteiger partial charge < -0.3 is 15.4 Å². The number of carbonyl (C=O) groups is 1. The molecule has 2 N–H and O–H groups in total. The van der Waals surface area contributed by atoms with Gasteiger partial charge in [-0.05, 0) is 49.4 Å². The Labute approximate surface area is 150 Å². The molecule has 0 fully saturated rings. The van der Waals surface area contributed by atoms with E-state index in [1.165, 1.54) is 19.2 Å². The van der Waals surface area contributed by atoms with E-state index in [2.05, 4.69) is 25.3 Å². The fraction of sp³-hybridized carbons (Fsp3) is 0.105. The van der Waals surface area contributed by atoms with Gasteiger partial charge in [0, 0.05) is 23.1 Å². The monoisotopic (exact) mass is 352 g/mol. The Kier molecular flexibility index (Phi) is 5.07. The van der Waals surface area contributed by atoms with Gasteiger partial charge in [-0.25, -0.2) is 14.2 Å². The van der Waals surface area contributed by atoms with Crippen LogP contribution in [-0.2, 0) is 4.74 Å². The van der Waals surface area contributed by atoms with Gasteiger partial charge in [0.05, 0.1) is 12.7 Å². The first-order valence-corrected chi connectivity index (χ1v) is 7.87. The molecule has 6 nitrogen and oxygen atoms in total. The zero-order valence-corrected chi connectivity index (χ0v) is 14.3. The molecular weight excluding hydrogens is 335 g/mol. The molecular formula is C19H17FN4O2. The van der Waals surface area contributed by atoms with Gasteiger partial charge in [-0.2, -0.15) is 4.98 Å². The van der Waals surface area contributed by atoms with Gasteiger partial charge in [0.1, 0.15) is 11.6 Å². The molecule has 3 rings (SSSR count). The summed E-state index contributed by atoms with van der Waals surface area (Å²) in [5.74, 6) is 0.196. The van der Waals surface area contributed by atoms with E-state index < -0.39 is 5.97 Å². The molecule has 0 aliphatic carbocycles. The predicted octanol–water partition coefficient (Wildman–Crippen LogP) is 4.20. The average Bonchev–Trinajstić information content (AvgIpc) is 2.61. The van der Waals surface area contributed by atoms with E-state index in [9.17, 15) is 9.18 Å². The SMILES string of the molecule is COC(=O)c1ccc(Nc2nc(C)cc(Nc3cccc(F)c3)n2)cc1. The van der Waals surface area contributed by atoms with E-state index in [1.54, 1.807) is 42.5 Å². The lowest BCUT2D eigenvalue weighted by Crippen LogP contribution is -2.03. The minimum atomic E-state index is -0.398. The van der Waals surface area contributed by atoms with Gasteiger partial charge >= 0.3 is 5.97 Å². The molecule has 0 bridgehead atoms. The molecule has 0 aliphatic heterocycles. The highest BCUT2D eigenvalue weighted by Gasteiger charge is 2.07. The Morgan fingerprint density at radius 1 is 1.00 bits per heavy atom. The van der Waals surface area contributed by atoms with Gasteiger partial charge in [0.15, 0.2) is 0 Å². The van der Waals surface area contributed by atoms with Crippen LogP contribution in [0.15, 0.2) is 54.6 Å². The minimum absolute atomic E-state index is 0.329. The Bertz CT molecular complexity index is 929. The van der Waals surface area contributed by atoms with Crippen molar-refractivity contribution in [2.75, 3.05) is 17.7 Å². The molecule has 0 aliphatic rings. The number of nitrogens with one attached hydrogen (secondary N) is 2. The average molecular weight is 352 g/mol. The number of esters is 1. The van der Waals surface area contributed by atoms with Gasteiger partial charge in [0.2, 0.25) is 5.95 Å². The summed E-state index contributed by atoms with van der Waals surface area (Å²) >= 11 is 0. The van der Waals surface area contributed by atoms with Crippen molar-refractivity contribution in [3.63, 3.8) is 0 Å². The molecule has 0 unspecified atom stereocenters. The zero-order valence-electron chi connectivity index (χ0n) is 14.3. The fourth-order valence-corrected chi connectivity index (χ4v) is 2.34. The van der Waals surface area contributed by atoms with Crippen molar-refractivity contribution in [3.05, 3.63) is 71.7 Å². The van der Waals surface area contributed by atoms with Crippen molar-refractivity contribution in [3.8, 4) is 0 Å². The summed E-state index contributed by atoms with van der Waals surface area (Å²) < 4.78 is 18.0. The van der Waals surface area contributed by atoms with E-state index in [4.69, 9.17) is 0 Å².